The van der Waals surface area contributed by atoms with Crippen LogP contribution < -0.4 is 0 Å². The van der Waals surface area contributed by atoms with Gasteiger partial charge in [-0.1, -0.05) is 32.4 Å². The molecule has 0 spiro atoms. The smallest absolute Gasteiger partial charge is 0.129 e. The van der Waals surface area contributed by atoms with E-state index in [1.54, 1.807) is 0 Å². The van der Waals surface area contributed by atoms with Crippen molar-refractivity contribution < 1.29 is 4.70 Å². The van der Waals surface area contributed by atoms with Gasteiger partial charge in [-0.2, -0.15) is 0 Å². The molecule has 0 radical (unpaired) electrons. The second-order valence-corrected chi connectivity index (χ2v) is 5.11. The van der Waals surface area contributed by atoms with E-state index in [1.807, 2.05) is 4.70 Å². The average molecular weight is 228 g/mol. The fourth-order valence-electron chi connectivity index (χ4n) is 2.38. The Labute approximate surface area is 102 Å². The minimum absolute atomic E-state index is 0.822. The first-order valence-corrected chi connectivity index (χ1v) is 6.46. The Morgan fingerprint density at radius 1 is 1.41 bits per heavy atom. The van der Waals surface area contributed by atoms with Gasteiger partial charge in [0.2, 0.25) is 0 Å². The number of hydrogen-bond donors (Lipinski definition) is 0. The molecule has 0 fully saturated rings. The van der Waals surface area contributed by atoms with Crippen molar-refractivity contribution in [3.63, 3.8) is 0 Å². The van der Waals surface area contributed by atoms with Gasteiger partial charge in [-0.25, -0.2) is 0 Å². The Morgan fingerprint density at radius 2 is 2.29 bits per heavy atom. The van der Waals surface area contributed by atoms with E-state index in [-0.39, 0.29) is 0 Å². The van der Waals surface area contributed by atoms with E-state index in [2.05, 4.69) is 42.4 Å². The number of aryl methyl sites for hydroxylation is 1. The maximum absolute atomic E-state index is 4.06. The highest BCUT2D eigenvalue weighted by atomic mass is 15.6. The Balaban J connectivity index is 1.75. The van der Waals surface area contributed by atoms with E-state index in [0.29, 0.717) is 0 Å². The zero-order valence-electron chi connectivity index (χ0n) is 10.5. The van der Waals surface area contributed by atoms with Crippen molar-refractivity contribution in [2.24, 2.45) is 16.2 Å². The monoisotopic (exact) mass is 228 g/mol. The van der Waals surface area contributed by atoms with Crippen molar-refractivity contribution >= 4 is 5.84 Å². The molecule has 0 bridgehead atoms. The van der Waals surface area contributed by atoms with Crippen molar-refractivity contribution in [2.45, 2.75) is 39.7 Å². The van der Waals surface area contributed by atoms with Crippen LogP contribution in [0.4, 0.5) is 0 Å². The van der Waals surface area contributed by atoms with Crippen molar-refractivity contribution in [3.8, 4) is 0 Å². The molecular weight excluding hydrogens is 210 g/mol. The van der Waals surface area contributed by atoms with Crippen LogP contribution in [-0.4, -0.2) is 10.5 Å². The summed E-state index contributed by atoms with van der Waals surface area (Å²) in [5.74, 6) is 1.87. The van der Waals surface area contributed by atoms with Crippen LogP contribution in [-0.2, 0) is 13.0 Å². The van der Waals surface area contributed by atoms with Crippen molar-refractivity contribution in [1.82, 2.24) is 0 Å². The summed E-state index contributed by atoms with van der Waals surface area (Å²) >= 11 is 0. The molecule has 88 valence electrons. The lowest BCUT2D eigenvalue weighted by atomic mass is 9.97. The predicted molar refractivity (Wildman–Crippen MR) is 67.1 cm³/mol. The van der Waals surface area contributed by atoms with Crippen LogP contribution in [0.1, 0.15) is 43.4 Å². The van der Waals surface area contributed by atoms with Gasteiger partial charge in [-0.05, 0) is 30.4 Å². The van der Waals surface area contributed by atoms with E-state index in [9.17, 15) is 0 Å². The van der Waals surface area contributed by atoms with Gasteiger partial charge in [-0.3, -0.25) is 0 Å². The second kappa shape index (κ2) is 4.06. The molecule has 0 saturated heterocycles. The molecule has 17 heavy (non-hydrogen) atoms. The molecule has 1 unspecified atom stereocenters. The van der Waals surface area contributed by atoms with E-state index in [0.717, 1.165) is 18.3 Å². The third-order valence-electron chi connectivity index (χ3n) is 3.85. The van der Waals surface area contributed by atoms with Crippen LogP contribution in [0.2, 0.25) is 0 Å². The number of amidine groups is 1. The summed E-state index contributed by atoms with van der Waals surface area (Å²) in [5, 5.41) is 8.04. The summed E-state index contributed by atoms with van der Waals surface area (Å²) < 4.78 is 1.98. The molecule has 2 heterocycles. The number of benzene rings is 1. The molecule has 1 atom stereocenters. The number of fused-ring (bicyclic) bond motifs is 3. The molecule has 0 N–H and O–H groups in total. The minimum Gasteiger partial charge on any atom is -0.129 e. The number of nitrogens with zero attached hydrogens (tertiary/aromatic N) is 3. The van der Waals surface area contributed by atoms with Gasteiger partial charge in [0, 0.05) is 10.7 Å². The highest BCUT2D eigenvalue weighted by Gasteiger charge is 2.34. The lowest BCUT2D eigenvalue weighted by molar-refractivity contribution is -0.513. The SMILES string of the molecule is CCC(C)CCc1ccc2c(c1)C[N+]1=NN=C21. The van der Waals surface area contributed by atoms with Gasteiger partial charge in [0.05, 0.1) is 10.8 Å². The molecule has 1 aromatic carbocycles. The lowest BCUT2D eigenvalue weighted by Gasteiger charge is -2.08. The summed E-state index contributed by atoms with van der Waals surface area (Å²) in [6.07, 6.45) is 3.74. The van der Waals surface area contributed by atoms with E-state index < -0.39 is 0 Å². The zero-order chi connectivity index (χ0) is 11.8. The predicted octanol–water partition coefficient (Wildman–Crippen LogP) is 3.32. The summed E-state index contributed by atoms with van der Waals surface area (Å²) in [6, 6.07) is 6.77. The summed E-state index contributed by atoms with van der Waals surface area (Å²) in [4.78, 5) is 0. The van der Waals surface area contributed by atoms with Gasteiger partial charge in [0.15, 0.2) is 0 Å². The van der Waals surface area contributed by atoms with Crippen LogP contribution in [0.15, 0.2) is 28.5 Å². The Morgan fingerprint density at radius 3 is 3.00 bits per heavy atom. The van der Waals surface area contributed by atoms with Gasteiger partial charge in [0.1, 0.15) is 6.54 Å². The first kappa shape index (κ1) is 10.6. The quantitative estimate of drug-likeness (QED) is 0.707. The van der Waals surface area contributed by atoms with Gasteiger partial charge >= 0.3 is 5.84 Å². The molecular formula is C14H18N3+. The van der Waals surface area contributed by atoms with Crippen LogP contribution >= 0.6 is 0 Å². The maximum atomic E-state index is 4.06. The normalized spacial score (nSPS) is 17.8. The average Bonchev–Trinajstić information content (AvgIpc) is 2.57. The second-order valence-electron chi connectivity index (χ2n) is 5.11. The lowest BCUT2D eigenvalue weighted by Crippen LogP contribution is -2.17. The fourth-order valence-corrected chi connectivity index (χ4v) is 2.38. The van der Waals surface area contributed by atoms with Gasteiger partial charge in [0.25, 0.3) is 0 Å². The highest BCUT2D eigenvalue weighted by Crippen LogP contribution is 2.26. The van der Waals surface area contributed by atoms with E-state index >= 15 is 0 Å². The summed E-state index contributed by atoms with van der Waals surface area (Å²) in [5.41, 5.74) is 4.10. The Kier molecular flexibility index (Phi) is 2.54. The van der Waals surface area contributed by atoms with Crippen molar-refractivity contribution in [3.05, 3.63) is 34.9 Å². The number of rotatable bonds is 4. The van der Waals surface area contributed by atoms with Crippen LogP contribution in [0.25, 0.3) is 0 Å². The Hall–Kier alpha value is -1.51. The summed E-state index contributed by atoms with van der Waals surface area (Å²) in [6.45, 7) is 5.50. The fraction of sp³-hybridized carbons (Fsp3) is 0.500. The third kappa shape index (κ3) is 1.79. The molecule has 0 aliphatic carbocycles. The Bertz CT molecular complexity index is 514. The first-order valence-electron chi connectivity index (χ1n) is 6.46. The molecule has 3 rings (SSSR count). The number of hydrogen-bond acceptors (Lipinski definition) is 2. The van der Waals surface area contributed by atoms with Gasteiger partial charge < -0.3 is 0 Å². The summed E-state index contributed by atoms with van der Waals surface area (Å²) in [7, 11) is 0. The molecule has 3 nitrogen and oxygen atoms in total. The molecule has 0 saturated carbocycles. The highest BCUT2D eigenvalue weighted by molar-refractivity contribution is 5.96. The van der Waals surface area contributed by atoms with Crippen molar-refractivity contribution in [2.75, 3.05) is 0 Å². The maximum Gasteiger partial charge on any atom is 0.318 e. The van der Waals surface area contributed by atoms with E-state index in [1.165, 1.54) is 36.0 Å². The first-order chi connectivity index (χ1) is 8.28. The van der Waals surface area contributed by atoms with E-state index in [4.69, 9.17) is 0 Å². The van der Waals surface area contributed by atoms with Crippen LogP contribution in [0, 0.1) is 5.92 Å². The topological polar surface area (TPSA) is 27.7 Å². The standard InChI is InChI=1S/C14H18N3/c1-3-10(2)4-5-11-6-7-13-12(8-11)9-17-14(13)15-16-17/h6-8,10H,3-5,9H2,1-2H3/q+1. The molecule has 1 aromatic rings. The molecule has 2 aliphatic heterocycles. The van der Waals surface area contributed by atoms with Crippen LogP contribution in [0.3, 0.4) is 0 Å². The van der Waals surface area contributed by atoms with Gasteiger partial charge in [-0.15, -0.1) is 4.70 Å². The molecule has 3 heteroatoms. The molecule has 2 aliphatic rings. The minimum atomic E-state index is 0.822. The van der Waals surface area contributed by atoms with Crippen LogP contribution in [0.5, 0.6) is 0 Å². The molecule has 0 amide bonds. The van der Waals surface area contributed by atoms with Crippen molar-refractivity contribution in [1.29, 1.82) is 0 Å². The molecule has 0 aromatic heterocycles. The zero-order valence-corrected chi connectivity index (χ0v) is 10.5. The third-order valence-corrected chi connectivity index (χ3v) is 3.85. The largest absolute Gasteiger partial charge is 0.318 e.